The third kappa shape index (κ3) is 1.79. The summed E-state index contributed by atoms with van der Waals surface area (Å²) in [7, 11) is -1.18. The Bertz CT molecular complexity index is 964. The lowest BCUT2D eigenvalue weighted by molar-refractivity contribution is 0.0955. The Morgan fingerprint density at radius 3 is 2.62 bits per heavy atom. The number of hydrogen-bond donors (Lipinski definition) is 0. The summed E-state index contributed by atoms with van der Waals surface area (Å²) < 4.78 is 12.3. The summed E-state index contributed by atoms with van der Waals surface area (Å²) in [6.45, 7) is 0.665. The van der Waals surface area contributed by atoms with Gasteiger partial charge >= 0.3 is 0 Å². The SMILES string of the molecule is N#C[C@]1([C@@H]2SCC[S@@]2=O)C2=C(C(=O)c3ccccc3C2=O)N2CCC[C@H]21. The van der Waals surface area contributed by atoms with Gasteiger partial charge in [-0.3, -0.25) is 13.8 Å². The predicted molar refractivity (Wildman–Crippen MR) is 99.2 cm³/mol. The number of carbonyl (C=O) groups excluding carboxylic acids is 2. The van der Waals surface area contributed by atoms with Crippen molar-refractivity contribution in [1.82, 2.24) is 4.90 Å². The van der Waals surface area contributed by atoms with Gasteiger partial charge in [0.2, 0.25) is 5.78 Å². The van der Waals surface area contributed by atoms with Crippen molar-refractivity contribution < 1.29 is 13.8 Å². The molecule has 0 N–H and O–H groups in total. The Kier molecular flexibility index (Phi) is 3.47. The van der Waals surface area contributed by atoms with Gasteiger partial charge in [0.05, 0.1) is 23.4 Å². The van der Waals surface area contributed by atoms with E-state index in [9.17, 15) is 19.1 Å². The Labute approximate surface area is 157 Å². The number of rotatable bonds is 1. The van der Waals surface area contributed by atoms with E-state index in [0.29, 0.717) is 34.7 Å². The molecular formula is C19H16N2O3S2. The van der Waals surface area contributed by atoms with Crippen LogP contribution in [0.5, 0.6) is 0 Å². The van der Waals surface area contributed by atoms with E-state index in [0.717, 1.165) is 18.6 Å². The summed E-state index contributed by atoms with van der Waals surface area (Å²) in [6, 6.07) is 9.01. The molecule has 0 spiro atoms. The van der Waals surface area contributed by atoms with E-state index < -0.39 is 20.8 Å². The molecule has 0 unspecified atom stereocenters. The minimum Gasteiger partial charge on any atom is -0.363 e. The molecule has 0 bridgehead atoms. The van der Waals surface area contributed by atoms with Gasteiger partial charge in [0.25, 0.3) is 0 Å². The van der Waals surface area contributed by atoms with Crippen molar-refractivity contribution in [2.24, 2.45) is 5.41 Å². The fourth-order valence-corrected chi connectivity index (χ4v) is 8.90. The van der Waals surface area contributed by atoms with E-state index >= 15 is 0 Å². The van der Waals surface area contributed by atoms with Gasteiger partial charge < -0.3 is 4.90 Å². The molecule has 2 fully saturated rings. The van der Waals surface area contributed by atoms with Crippen molar-refractivity contribution in [3.8, 4) is 6.07 Å². The van der Waals surface area contributed by atoms with E-state index in [1.807, 2.05) is 4.90 Å². The summed E-state index contributed by atoms with van der Waals surface area (Å²) >= 11 is 1.51. The summed E-state index contributed by atoms with van der Waals surface area (Å²) in [6.07, 6.45) is 1.61. The fraction of sp³-hybridized carbons (Fsp3) is 0.421. The monoisotopic (exact) mass is 384 g/mol. The van der Waals surface area contributed by atoms with Gasteiger partial charge in [-0.15, -0.1) is 11.8 Å². The summed E-state index contributed by atoms with van der Waals surface area (Å²) in [5.41, 5.74) is 0.308. The molecule has 5 rings (SSSR count). The van der Waals surface area contributed by atoms with Gasteiger partial charge in [-0.25, -0.2) is 0 Å². The van der Waals surface area contributed by atoms with Crippen molar-refractivity contribution in [1.29, 1.82) is 5.26 Å². The molecule has 0 aromatic heterocycles. The van der Waals surface area contributed by atoms with Gasteiger partial charge in [-0.2, -0.15) is 5.26 Å². The number of hydrogen-bond acceptors (Lipinski definition) is 6. The van der Waals surface area contributed by atoms with Crippen molar-refractivity contribution in [2.75, 3.05) is 18.1 Å². The molecule has 4 aliphatic rings. The molecule has 4 atom stereocenters. The lowest BCUT2D eigenvalue weighted by Gasteiger charge is -2.35. The van der Waals surface area contributed by atoms with Crippen LogP contribution in [0.1, 0.15) is 33.6 Å². The van der Waals surface area contributed by atoms with Crippen molar-refractivity contribution >= 4 is 34.1 Å². The highest BCUT2D eigenvalue weighted by atomic mass is 32.2. The first kappa shape index (κ1) is 16.3. The van der Waals surface area contributed by atoms with Crippen molar-refractivity contribution in [3.63, 3.8) is 0 Å². The van der Waals surface area contributed by atoms with Crippen LogP contribution < -0.4 is 0 Å². The zero-order valence-electron chi connectivity index (χ0n) is 13.9. The Balaban J connectivity index is 1.80. The molecule has 3 aliphatic heterocycles. The van der Waals surface area contributed by atoms with Crippen LogP contribution in [-0.2, 0) is 10.8 Å². The van der Waals surface area contributed by atoms with Gasteiger partial charge in [-0.1, -0.05) is 24.3 Å². The highest BCUT2D eigenvalue weighted by molar-refractivity contribution is 8.14. The molecular weight excluding hydrogens is 368 g/mol. The average molecular weight is 384 g/mol. The number of carbonyl (C=O) groups is 2. The molecule has 1 aromatic rings. The lowest BCUT2D eigenvalue weighted by atomic mass is 9.72. The number of thioether (sulfide) groups is 1. The zero-order chi connectivity index (χ0) is 18.1. The molecule has 0 saturated carbocycles. The van der Waals surface area contributed by atoms with E-state index in [1.54, 1.807) is 24.3 Å². The minimum atomic E-state index is -1.18. The zero-order valence-corrected chi connectivity index (χ0v) is 15.6. The maximum absolute atomic E-state index is 13.4. The van der Waals surface area contributed by atoms with E-state index in [-0.39, 0.29) is 17.6 Å². The number of nitriles is 1. The standard InChI is InChI=1S/C19H16N2O3S2/c20-10-19(18-25-8-9-26(18)24)13-6-3-7-21(13)15-14(19)16(22)11-4-1-2-5-12(11)17(15)23/h1-2,4-5,13,18H,3,6-9H2/t13-,18+,19+,26-/m0/s1. The molecule has 2 saturated heterocycles. The Morgan fingerprint density at radius 1 is 1.23 bits per heavy atom. The molecule has 7 heteroatoms. The minimum absolute atomic E-state index is 0.173. The molecule has 132 valence electrons. The second-order valence-corrected chi connectivity index (χ2v) is 10.2. The van der Waals surface area contributed by atoms with Crippen LogP contribution in [0.2, 0.25) is 0 Å². The van der Waals surface area contributed by atoms with Crippen LogP contribution in [0.4, 0.5) is 0 Å². The number of nitrogens with zero attached hydrogens (tertiary/aromatic N) is 2. The Morgan fingerprint density at radius 2 is 1.96 bits per heavy atom. The topological polar surface area (TPSA) is 78.2 Å². The van der Waals surface area contributed by atoms with Crippen molar-refractivity contribution in [2.45, 2.75) is 23.5 Å². The van der Waals surface area contributed by atoms with Crippen LogP contribution >= 0.6 is 11.8 Å². The lowest BCUT2D eigenvalue weighted by Crippen LogP contribution is -2.46. The maximum Gasteiger partial charge on any atom is 0.210 e. The molecule has 0 amide bonds. The Hall–Kier alpha value is -1.91. The second kappa shape index (κ2) is 5.54. The van der Waals surface area contributed by atoms with E-state index in [4.69, 9.17) is 0 Å². The molecule has 5 nitrogen and oxygen atoms in total. The first-order valence-electron chi connectivity index (χ1n) is 8.71. The normalized spacial score (nSPS) is 35.3. The second-order valence-electron chi connectivity index (χ2n) is 7.05. The third-order valence-electron chi connectivity index (χ3n) is 5.92. The fourth-order valence-electron chi connectivity index (χ4n) is 4.91. The maximum atomic E-state index is 13.4. The number of fused-ring (bicyclic) bond motifs is 3. The molecule has 1 aliphatic carbocycles. The van der Waals surface area contributed by atoms with Gasteiger partial charge in [0.15, 0.2) is 5.78 Å². The first-order chi connectivity index (χ1) is 12.6. The molecule has 1 aromatic carbocycles. The predicted octanol–water partition coefficient (Wildman–Crippen LogP) is 2.13. The van der Waals surface area contributed by atoms with Gasteiger partial charge in [0.1, 0.15) is 10.00 Å². The summed E-state index contributed by atoms with van der Waals surface area (Å²) in [5.74, 6) is 0.838. The van der Waals surface area contributed by atoms with Crippen LogP contribution in [0.15, 0.2) is 35.5 Å². The largest absolute Gasteiger partial charge is 0.363 e. The third-order valence-corrected chi connectivity index (χ3v) is 9.80. The highest BCUT2D eigenvalue weighted by Gasteiger charge is 2.65. The number of Topliss-reactive ketones (excluding diaryl/α,β-unsaturated/α-hetero) is 2. The van der Waals surface area contributed by atoms with Crippen LogP contribution in [0, 0.1) is 16.7 Å². The summed E-state index contributed by atoms with van der Waals surface area (Å²) in [4.78, 5) is 28.6. The van der Waals surface area contributed by atoms with Crippen LogP contribution in [0.3, 0.4) is 0 Å². The first-order valence-corrected chi connectivity index (χ1v) is 11.1. The number of benzene rings is 1. The van der Waals surface area contributed by atoms with Gasteiger partial charge in [0, 0.05) is 40.0 Å². The summed E-state index contributed by atoms with van der Waals surface area (Å²) in [5, 5.41) is 10.3. The van der Waals surface area contributed by atoms with Crippen molar-refractivity contribution in [3.05, 3.63) is 46.7 Å². The van der Waals surface area contributed by atoms with E-state index in [1.165, 1.54) is 11.8 Å². The molecule has 26 heavy (non-hydrogen) atoms. The van der Waals surface area contributed by atoms with Crippen LogP contribution in [0.25, 0.3) is 0 Å². The average Bonchev–Trinajstić information content (AvgIpc) is 3.35. The molecule has 3 heterocycles. The van der Waals surface area contributed by atoms with Gasteiger partial charge in [-0.05, 0) is 12.8 Å². The number of allylic oxidation sites excluding steroid dienone is 1. The smallest absolute Gasteiger partial charge is 0.210 e. The van der Waals surface area contributed by atoms with E-state index in [2.05, 4.69) is 6.07 Å². The quantitative estimate of drug-likeness (QED) is 0.738. The molecule has 0 radical (unpaired) electrons. The number of ketones is 2. The highest BCUT2D eigenvalue weighted by Crippen LogP contribution is 2.58. The van der Waals surface area contributed by atoms with Crippen LogP contribution in [-0.4, -0.2) is 49.3 Å².